The first-order valence-electron chi connectivity index (χ1n) is 7.45. The largest absolute Gasteiger partial charge is 0.327 e. The van der Waals surface area contributed by atoms with Gasteiger partial charge in [-0.1, -0.05) is 22.4 Å². The summed E-state index contributed by atoms with van der Waals surface area (Å²) >= 11 is 3.46. The summed E-state index contributed by atoms with van der Waals surface area (Å²) in [6.07, 6.45) is 3.68. The van der Waals surface area contributed by atoms with Crippen molar-refractivity contribution in [1.29, 1.82) is 0 Å². The van der Waals surface area contributed by atoms with Crippen LogP contribution < -0.4 is 5.73 Å². The maximum atomic E-state index is 10.8. The molecule has 114 valence electrons. The topological polar surface area (TPSA) is 72.4 Å². The SMILES string of the molecule is NC1CCCC2CN(Cc3ccc([N+](=O)[O-])cc3Br)CC12. The highest BCUT2D eigenvalue weighted by molar-refractivity contribution is 9.10. The first-order chi connectivity index (χ1) is 10.0. The molecule has 0 spiro atoms. The number of hydrogen-bond donors (Lipinski definition) is 1. The summed E-state index contributed by atoms with van der Waals surface area (Å²) in [4.78, 5) is 12.8. The number of non-ortho nitro benzene ring substituents is 1. The lowest BCUT2D eigenvalue weighted by molar-refractivity contribution is -0.384. The van der Waals surface area contributed by atoms with E-state index in [-0.39, 0.29) is 10.6 Å². The number of hydrogen-bond acceptors (Lipinski definition) is 4. The number of likely N-dealkylation sites (tertiary alicyclic amines) is 1. The van der Waals surface area contributed by atoms with E-state index >= 15 is 0 Å². The van der Waals surface area contributed by atoms with Gasteiger partial charge in [-0.2, -0.15) is 0 Å². The summed E-state index contributed by atoms with van der Waals surface area (Å²) in [7, 11) is 0. The van der Waals surface area contributed by atoms with Crippen molar-refractivity contribution in [2.45, 2.75) is 31.8 Å². The molecule has 1 saturated carbocycles. The van der Waals surface area contributed by atoms with Crippen molar-refractivity contribution >= 4 is 21.6 Å². The van der Waals surface area contributed by atoms with E-state index in [1.165, 1.54) is 12.8 Å². The van der Waals surface area contributed by atoms with Crippen LogP contribution in [-0.2, 0) is 6.54 Å². The lowest BCUT2D eigenvalue weighted by Crippen LogP contribution is -2.38. The van der Waals surface area contributed by atoms with E-state index in [9.17, 15) is 10.1 Å². The van der Waals surface area contributed by atoms with Gasteiger partial charge in [0.1, 0.15) is 0 Å². The van der Waals surface area contributed by atoms with Crippen molar-refractivity contribution in [2.24, 2.45) is 17.6 Å². The summed E-state index contributed by atoms with van der Waals surface area (Å²) in [5.74, 6) is 1.35. The molecule has 2 N–H and O–H groups in total. The van der Waals surface area contributed by atoms with Crippen molar-refractivity contribution in [3.05, 3.63) is 38.3 Å². The Bertz CT molecular complexity index is 552. The van der Waals surface area contributed by atoms with Gasteiger partial charge in [-0.25, -0.2) is 0 Å². The lowest BCUT2D eigenvalue weighted by Gasteiger charge is -2.29. The number of benzene rings is 1. The molecule has 3 rings (SSSR count). The van der Waals surface area contributed by atoms with Crippen LogP contribution in [0.25, 0.3) is 0 Å². The average molecular weight is 354 g/mol. The fourth-order valence-corrected chi connectivity index (χ4v) is 4.25. The van der Waals surface area contributed by atoms with Crippen molar-refractivity contribution in [3.8, 4) is 0 Å². The molecule has 1 saturated heterocycles. The zero-order chi connectivity index (χ0) is 15.0. The Balaban J connectivity index is 1.69. The number of nitro benzene ring substituents is 1. The Morgan fingerprint density at radius 3 is 2.86 bits per heavy atom. The quantitative estimate of drug-likeness (QED) is 0.669. The molecule has 2 fully saturated rings. The first-order valence-corrected chi connectivity index (χ1v) is 8.24. The third kappa shape index (κ3) is 3.12. The van der Waals surface area contributed by atoms with Crippen molar-refractivity contribution < 1.29 is 4.92 Å². The molecule has 6 heteroatoms. The minimum atomic E-state index is -0.363. The predicted molar refractivity (Wildman–Crippen MR) is 84.9 cm³/mol. The minimum Gasteiger partial charge on any atom is -0.327 e. The van der Waals surface area contributed by atoms with E-state index in [0.717, 1.165) is 42.0 Å². The third-order valence-electron chi connectivity index (χ3n) is 4.87. The molecule has 0 amide bonds. The Morgan fingerprint density at radius 1 is 1.38 bits per heavy atom. The normalized spacial score (nSPS) is 29.3. The lowest BCUT2D eigenvalue weighted by atomic mass is 9.78. The average Bonchev–Trinajstić information content (AvgIpc) is 2.85. The van der Waals surface area contributed by atoms with Gasteiger partial charge in [0.2, 0.25) is 0 Å². The van der Waals surface area contributed by atoms with Crippen LogP contribution in [0.2, 0.25) is 0 Å². The monoisotopic (exact) mass is 353 g/mol. The fourth-order valence-electron chi connectivity index (χ4n) is 3.76. The van der Waals surface area contributed by atoms with Gasteiger partial charge in [0, 0.05) is 42.3 Å². The Labute approximate surface area is 132 Å². The van der Waals surface area contributed by atoms with Crippen LogP contribution in [0.1, 0.15) is 24.8 Å². The summed E-state index contributed by atoms with van der Waals surface area (Å²) in [6.45, 7) is 2.98. The maximum Gasteiger partial charge on any atom is 0.270 e. The number of fused-ring (bicyclic) bond motifs is 1. The molecule has 3 atom stereocenters. The number of nitro groups is 1. The van der Waals surface area contributed by atoms with E-state index in [0.29, 0.717) is 12.0 Å². The second-order valence-electron chi connectivity index (χ2n) is 6.25. The highest BCUT2D eigenvalue weighted by Gasteiger charge is 2.38. The Kier molecular flexibility index (Phi) is 4.28. The van der Waals surface area contributed by atoms with Gasteiger partial charge in [-0.15, -0.1) is 0 Å². The fraction of sp³-hybridized carbons (Fsp3) is 0.600. The molecular weight excluding hydrogens is 334 g/mol. The van der Waals surface area contributed by atoms with Crippen molar-refractivity contribution in [2.75, 3.05) is 13.1 Å². The molecular formula is C15H20BrN3O2. The molecule has 3 unspecified atom stereocenters. The smallest absolute Gasteiger partial charge is 0.270 e. The molecule has 2 aliphatic rings. The van der Waals surface area contributed by atoms with Gasteiger partial charge >= 0.3 is 0 Å². The van der Waals surface area contributed by atoms with E-state index in [1.807, 2.05) is 6.07 Å². The Hall–Kier alpha value is -0.980. The standard InChI is InChI=1S/C15H20BrN3O2/c16-14-6-12(19(20)21)5-4-11(14)8-18-7-10-2-1-3-15(17)13(10)9-18/h4-6,10,13,15H,1-3,7-9,17H2. The maximum absolute atomic E-state index is 10.8. The molecule has 0 bridgehead atoms. The third-order valence-corrected chi connectivity index (χ3v) is 5.61. The zero-order valence-electron chi connectivity index (χ0n) is 11.9. The van der Waals surface area contributed by atoms with Gasteiger partial charge in [0.15, 0.2) is 0 Å². The highest BCUT2D eigenvalue weighted by Crippen LogP contribution is 2.36. The van der Waals surface area contributed by atoms with Crippen LogP contribution in [0.3, 0.4) is 0 Å². The molecule has 21 heavy (non-hydrogen) atoms. The van der Waals surface area contributed by atoms with Gasteiger partial charge in [-0.05, 0) is 36.3 Å². The number of nitrogens with zero attached hydrogens (tertiary/aromatic N) is 2. The number of nitrogens with two attached hydrogens (primary N) is 1. The van der Waals surface area contributed by atoms with Crippen LogP contribution in [0.4, 0.5) is 5.69 Å². The first kappa shape index (κ1) is 14.9. The highest BCUT2D eigenvalue weighted by atomic mass is 79.9. The van der Waals surface area contributed by atoms with Crippen LogP contribution in [0, 0.1) is 22.0 Å². The van der Waals surface area contributed by atoms with Crippen molar-refractivity contribution in [1.82, 2.24) is 4.90 Å². The molecule has 1 heterocycles. The Morgan fingerprint density at radius 2 is 2.19 bits per heavy atom. The molecule has 1 aromatic rings. The molecule has 5 nitrogen and oxygen atoms in total. The van der Waals surface area contributed by atoms with Crippen LogP contribution in [-0.4, -0.2) is 29.0 Å². The van der Waals surface area contributed by atoms with Gasteiger partial charge < -0.3 is 5.73 Å². The molecule has 1 aliphatic carbocycles. The van der Waals surface area contributed by atoms with Gasteiger partial charge in [0.25, 0.3) is 5.69 Å². The van der Waals surface area contributed by atoms with E-state index in [2.05, 4.69) is 20.8 Å². The van der Waals surface area contributed by atoms with Crippen LogP contribution in [0.15, 0.2) is 22.7 Å². The minimum absolute atomic E-state index is 0.128. The van der Waals surface area contributed by atoms with Crippen LogP contribution in [0.5, 0.6) is 0 Å². The van der Waals surface area contributed by atoms with Crippen LogP contribution >= 0.6 is 15.9 Å². The molecule has 0 radical (unpaired) electrons. The van der Waals surface area contributed by atoms with Crippen molar-refractivity contribution in [3.63, 3.8) is 0 Å². The summed E-state index contributed by atoms with van der Waals surface area (Å²) in [5, 5.41) is 10.8. The second-order valence-corrected chi connectivity index (χ2v) is 7.10. The van der Waals surface area contributed by atoms with E-state index < -0.39 is 0 Å². The second kappa shape index (κ2) is 6.02. The number of rotatable bonds is 3. The van der Waals surface area contributed by atoms with E-state index in [1.54, 1.807) is 12.1 Å². The summed E-state index contributed by atoms with van der Waals surface area (Å²) in [5.41, 5.74) is 7.48. The predicted octanol–water partition coefficient (Wildman–Crippen LogP) is 2.92. The van der Waals surface area contributed by atoms with Gasteiger partial charge in [-0.3, -0.25) is 15.0 Å². The summed E-state index contributed by atoms with van der Waals surface area (Å²) in [6, 6.07) is 5.36. The molecule has 1 aromatic carbocycles. The number of halogens is 1. The zero-order valence-corrected chi connectivity index (χ0v) is 13.5. The molecule has 0 aromatic heterocycles. The molecule has 1 aliphatic heterocycles. The van der Waals surface area contributed by atoms with Gasteiger partial charge in [0.05, 0.1) is 4.92 Å². The van der Waals surface area contributed by atoms with E-state index in [4.69, 9.17) is 5.73 Å². The summed E-state index contributed by atoms with van der Waals surface area (Å²) < 4.78 is 0.816.